The maximum absolute atomic E-state index is 5.61. The number of nitrogens with one attached hydrogen (secondary N) is 1. The van der Waals surface area contributed by atoms with Crippen LogP contribution in [0.2, 0.25) is 0 Å². The van der Waals surface area contributed by atoms with E-state index in [1.165, 1.54) is 25.7 Å². The van der Waals surface area contributed by atoms with Crippen molar-refractivity contribution in [3.05, 3.63) is 12.4 Å². The average molecular weight is 235 g/mol. The number of hydrogen-bond donors (Lipinski definition) is 1. The molecule has 0 amide bonds. The van der Waals surface area contributed by atoms with Crippen molar-refractivity contribution < 1.29 is 4.74 Å². The van der Waals surface area contributed by atoms with Crippen LogP contribution in [0.25, 0.3) is 0 Å². The predicted molar refractivity (Wildman–Crippen MR) is 67.0 cm³/mol. The smallest absolute Gasteiger partial charge is 0.0771 e. The highest BCUT2D eigenvalue weighted by molar-refractivity contribution is 5.39. The van der Waals surface area contributed by atoms with Gasteiger partial charge in [0.1, 0.15) is 0 Å². The van der Waals surface area contributed by atoms with Crippen LogP contribution >= 0.6 is 0 Å². The number of anilines is 1. The van der Waals surface area contributed by atoms with E-state index in [2.05, 4.69) is 23.5 Å². The highest BCUT2D eigenvalue weighted by Crippen LogP contribution is 2.33. The number of nitrogens with zero attached hydrogens (tertiary/aromatic N) is 2. The second-order valence-corrected chi connectivity index (χ2v) is 5.36. The second kappa shape index (κ2) is 4.69. The van der Waals surface area contributed by atoms with Gasteiger partial charge in [-0.25, -0.2) is 0 Å². The number of rotatable bonds is 5. The monoisotopic (exact) mass is 235 g/mol. The van der Waals surface area contributed by atoms with Gasteiger partial charge < -0.3 is 10.1 Å². The van der Waals surface area contributed by atoms with Crippen LogP contribution in [-0.2, 0) is 11.3 Å². The van der Waals surface area contributed by atoms with E-state index in [9.17, 15) is 0 Å². The van der Waals surface area contributed by atoms with Crippen LogP contribution < -0.4 is 5.32 Å². The van der Waals surface area contributed by atoms with E-state index in [4.69, 9.17) is 4.74 Å². The molecule has 1 aromatic heterocycles. The highest BCUT2D eigenvalue weighted by atomic mass is 16.5. The van der Waals surface area contributed by atoms with Gasteiger partial charge in [0.15, 0.2) is 0 Å². The fourth-order valence-corrected chi connectivity index (χ4v) is 2.51. The molecule has 2 unspecified atom stereocenters. The lowest BCUT2D eigenvalue weighted by molar-refractivity contribution is 0.0940. The van der Waals surface area contributed by atoms with Gasteiger partial charge in [0.25, 0.3) is 0 Å². The topological polar surface area (TPSA) is 39.1 Å². The van der Waals surface area contributed by atoms with Crippen LogP contribution in [-0.4, -0.2) is 28.5 Å². The van der Waals surface area contributed by atoms with Gasteiger partial charge >= 0.3 is 0 Å². The summed E-state index contributed by atoms with van der Waals surface area (Å²) in [5.41, 5.74) is 1.14. The Morgan fingerprint density at radius 3 is 3.12 bits per heavy atom. The van der Waals surface area contributed by atoms with Crippen LogP contribution in [0.1, 0.15) is 32.6 Å². The molecule has 1 aliphatic heterocycles. The third-order valence-electron chi connectivity index (χ3n) is 3.77. The van der Waals surface area contributed by atoms with Crippen molar-refractivity contribution in [2.45, 2.75) is 51.3 Å². The summed E-state index contributed by atoms with van der Waals surface area (Å²) in [4.78, 5) is 0. The zero-order valence-electron chi connectivity index (χ0n) is 10.4. The Bertz CT molecular complexity index is 348. The first kappa shape index (κ1) is 11.1. The molecule has 0 radical (unpaired) electrons. The van der Waals surface area contributed by atoms with E-state index in [1.807, 2.05) is 10.9 Å². The third-order valence-corrected chi connectivity index (χ3v) is 3.77. The average Bonchev–Trinajstić information content (AvgIpc) is 2.89. The van der Waals surface area contributed by atoms with Crippen LogP contribution in [0.3, 0.4) is 0 Å². The highest BCUT2D eigenvalue weighted by Gasteiger charge is 2.28. The van der Waals surface area contributed by atoms with Crippen LogP contribution in [0.15, 0.2) is 12.4 Å². The summed E-state index contributed by atoms with van der Waals surface area (Å²) in [5, 5.41) is 7.91. The molecule has 2 heterocycles. The van der Waals surface area contributed by atoms with Crippen LogP contribution in [0.4, 0.5) is 5.69 Å². The molecular formula is C13H21N3O. The summed E-state index contributed by atoms with van der Waals surface area (Å²) in [6.07, 6.45) is 9.49. The maximum atomic E-state index is 5.61. The summed E-state index contributed by atoms with van der Waals surface area (Å²) in [7, 11) is 0. The Balaban J connectivity index is 1.53. The molecule has 1 aliphatic carbocycles. The maximum Gasteiger partial charge on any atom is 0.0771 e. The first-order valence-corrected chi connectivity index (χ1v) is 6.72. The quantitative estimate of drug-likeness (QED) is 0.851. The fraction of sp³-hybridized carbons (Fsp3) is 0.769. The SMILES string of the molecule is CC(Nc1cnn(CC2CCCO2)c1)C1CC1. The number of aromatic nitrogens is 2. The zero-order valence-corrected chi connectivity index (χ0v) is 10.4. The molecule has 0 spiro atoms. The molecule has 17 heavy (non-hydrogen) atoms. The summed E-state index contributed by atoms with van der Waals surface area (Å²) >= 11 is 0. The van der Waals surface area contributed by atoms with Crippen molar-refractivity contribution in [2.75, 3.05) is 11.9 Å². The van der Waals surface area contributed by atoms with E-state index >= 15 is 0 Å². The molecule has 1 saturated carbocycles. The second-order valence-electron chi connectivity index (χ2n) is 5.36. The molecule has 2 atom stereocenters. The Kier molecular flexibility index (Phi) is 3.05. The molecule has 1 saturated heterocycles. The summed E-state index contributed by atoms with van der Waals surface area (Å²) in [6.45, 7) is 4.06. The van der Waals surface area contributed by atoms with Crippen molar-refractivity contribution in [1.29, 1.82) is 0 Å². The molecule has 4 heteroatoms. The van der Waals surface area contributed by atoms with Gasteiger partial charge in [-0.2, -0.15) is 5.10 Å². The Morgan fingerprint density at radius 1 is 1.53 bits per heavy atom. The Morgan fingerprint density at radius 2 is 2.41 bits per heavy atom. The minimum absolute atomic E-state index is 0.364. The van der Waals surface area contributed by atoms with Crippen molar-refractivity contribution >= 4 is 5.69 Å². The summed E-state index contributed by atoms with van der Waals surface area (Å²) < 4.78 is 7.61. The van der Waals surface area contributed by atoms with Crippen LogP contribution in [0.5, 0.6) is 0 Å². The third kappa shape index (κ3) is 2.80. The van der Waals surface area contributed by atoms with E-state index in [0.29, 0.717) is 12.1 Å². The van der Waals surface area contributed by atoms with Gasteiger partial charge in [-0.1, -0.05) is 0 Å². The lowest BCUT2D eigenvalue weighted by Crippen LogP contribution is -2.17. The molecule has 3 rings (SSSR count). The van der Waals surface area contributed by atoms with E-state index in [1.54, 1.807) is 0 Å². The molecule has 1 aromatic rings. The molecule has 4 nitrogen and oxygen atoms in total. The molecular weight excluding hydrogens is 214 g/mol. The van der Waals surface area contributed by atoms with Crippen molar-refractivity contribution in [3.63, 3.8) is 0 Å². The fourth-order valence-electron chi connectivity index (χ4n) is 2.51. The first-order chi connectivity index (χ1) is 8.31. The summed E-state index contributed by atoms with van der Waals surface area (Å²) in [5.74, 6) is 0.872. The lowest BCUT2D eigenvalue weighted by atomic mass is 10.2. The first-order valence-electron chi connectivity index (χ1n) is 6.72. The van der Waals surface area contributed by atoms with Gasteiger partial charge in [0.05, 0.1) is 24.5 Å². The Hall–Kier alpha value is -1.03. The summed E-state index contributed by atoms with van der Waals surface area (Å²) in [6, 6.07) is 0.579. The van der Waals surface area contributed by atoms with Crippen molar-refractivity contribution in [1.82, 2.24) is 9.78 Å². The van der Waals surface area contributed by atoms with Gasteiger partial charge in [-0.3, -0.25) is 4.68 Å². The lowest BCUT2D eigenvalue weighted by Gasteiger charge is -2.12. The van der Waals surface area contributed by atoms with Crippen LogP contribution in [0, 0.1) is 5.92 Å². The molecule has 0 bridgehead atoms. The zero-order chi connectivity index (χ0) is 11.7. The van der Waals surface area contributed by atoms with E-state index in [0.717, 1.165) is 24.8 Å². The standard InChI is InChI=1S/C13H21N3O/c1-10(11-4-5-11)15-12-7-14-16(8-12)9-13-3-2-6-17-13/h7-8,10-11,13,15H,2-6,9H2,1H3. The van der Waals surface area contributed by atoms with Gasteiger partial charge in [-0.15, -0.1) is 0 Å². The molecule has 2 aliphatic rings. The molecule has 2 fully saturated rings. The van der Waals surface area contributed by atoms with Crippen molar-refractivity contribution in [2.24, 2.45) is 5.92 Å². The van der Waals surface area contributed by atoms with Gasteiger partial charge in [0, 0.05) is 18.8 Å². The number of ether oxygens (including phenoxy) is 1. The Labute approximate surface area is 102 Å². The number of hydrogen-bond acceptors (Lipinski definition) is 3. The largest absolute Gasteiger partial charge is 0.380 e. The predicted octanol–water partition coefficient (Wildman–Crippen LogP) is 2.27. The minimum Gasteiger partial charge on any atom is -0.380 e. The minimum atomic E-state index is 0.364. The molecule has 0 aromatic carbocycles. The van der Waals surface area contributed by atoms with Gasteiger partial charge in [0.2, 0.25) is 0 Å². The van der Waals surface area contributed by atoms with E-state index in [-0.39, 0.29) is 0 Å². The van der Waals surface area contributed by atoms with Gasteiger partial charge in [-0.05, 0) is 38.5 Å². The van der Waals surface area contributed by atoms with Crippen molar-refractivity contribution in [3.8, 4) is 0 Å². The van der Waals surface area contributed by atoms with E-state index < -0.39 is 0 Å². The molecule has 1 N–H and O–H groups in total. The molecule has 94 valence electrons. The normalized spacial score (nSPS) is 26.1.